The van der Waals surface area contributed by atoms with Gasteiger partial charge in [-0.3, -0.25) is 4.79 Å². The Morgan fingerprint density at radius 1 is 1.36 bits per heavy atom. The SMILES string of the molecule is CC(O)C(=O)C(C)C(O)CO. The van der Waals surface area contributed by atoms with Crippen LogP contribution in [0.5, 0.6) is 0 Å². The van der Waals surface area contributed by atoms with E-state index in [9.17, 15) is 4.79 Å². The summed E-state index contributed by atoms with van der Waals surface area (Å²) in [5.74, 6) is -1.16. The van der Waals surface area contributed by atoms with Crippen molar-refractivity contribution in [3.8, 4) is 0 Å². The zero-order valence-electron chi connectivity index (χ0n) is 6.69. The van der Waals surface area contributed by atoms with Gasteiger partial charge in [-0.15, -0.1) is 0 Å². The highest BCUT2D eigenvalue weighted by Gasteiger charge is 2.24. The molecule has 0 bridgehead atoms. The lowest BCUT2D eigenvalue weighted by atomic mass is 9.97. The number of Topliss-reactive ketones (excluding diaryl/α,β-unsaturated/α-hetero) is 1. The molecule has 0 heterocycles. The predicted molar refractivity (Wildman–Crippen MR) is 38.9 cm³/mol. The van der Waals surface area contributed by atoms with E-state index in [1.54, 1.807) is 0 Å². The number of rotatable bonds is 4. The van der Waals surface area contributed by atoms with Gasteiger partial charge in [0.2, 0.25) is 0 Å². The van der Waals surface area contributed by atoms with Crippen LogP contribution in [0.15, 0.2) is 0 Å². The summed E-state index contributed by atoms with van der Waals surface area (Å²) in [5.41, 5.74) is 0. The molecule has 0 aromatic heterocycles. The van der Waals surface area contributed by atoms with E-state index in [1.165, 1.54) is 13.8 Å². The molecule has 0 aliphatic heterocycles. The summed E-state index contributed by atoms with van der Waals surface area (Å²) in [6, 6.07) is 0. The van der Waals surface area contributed by atoms with Gasteiger partial charge >= 0.3 is 0 Å². The average molecular weight is 162 g/mol. The molecule has 0 amide bonds. The Kier molecular flexibility index (Phi) is 4.25. The number of aliphatic hydroxyl groups is 3. The van der Waals surface area contributed by atoms with Crippen LogP contribution in [0.4, 0.5) is 0 Å². The van der Waals surface area contributed by atoms with Crippen LogP contribution in [-0.4, -0.2) is 39.9 Å². The first-order valence-electron chi connectivity index (χ1n) is 3.51. The van der Waals surface area contributed by atoms with Crippen molar-refractivity contribution in [1.82, 2.24) is 0 Å². The first-order valence-corrected chi connectivity index (χ1v) is 3.51. The fourth-order valence-electron chi connectivity index (χ4n) is 0.728. The molecule has 4 nitrogen and oxygen atoms in total. The highest BCUT2D eigenvalue weighted by Crippen LogP contribution is 2.06. The summed E-state index contributed by atoms with van der Waals surface area (Å²) in [7, 11) is 0. The third kappa shape index (κ3) is 2.96. The van der Waals surface area contributed by atoms with E-state index in [0.29, 0.717) is 0 Å². The van der Waals surface area contributed by atoms with Gasteiger partial charge in [0.15, 0.2) is 5.78 Å². The average Bonchev–Trinajstić information content (AvgIpc) is 2.00. The molecule has 11 heavy (non-hydrogen) atoms. The van der Waals surface area contributed by atoms with Gasteiger partial charge in [0.25, 0.3) is 0 Å². The van der Waals surface area contributed by atoms with Gasteiger partial charge < -0.3 is 15.3 Å². The number of aliphatic hydroxyl groups excluding tert-OH is 3. The molecular weight excluding hydrogens is 148 g/mol. The zero-order chi connectivity index (χ0) is 9.02. The van der Waals surface area contributed by atoms with Crippen LogP contribution in [-0.2, 0) is 4.79 Å². The molecule has 0 rings (SSSR count). The van der Waals surface area contributed by atoms with Crippen molar-refractivity contribution in [1.29, 1.82) is 0 Å². The molecule has 0 aliphatic carbocycles. The normalized spacial score (nSPS) is 19.0. The van der Waals surface area contributed by atoms with Gasteiger partial charge in [-0.2, -0.15) is 0 Å². The highest BCUT2D eigenvalue weighted by atomic mass is 16.3. The molecule has 66 valence electrons. The number of carbonyl (C=O) groups excluding carboxylic acids is 1. The molecule has 0 aliphatic rings. The van der Waals surface area contributed by atoms with Gasteiger partial charge in [0.05, 0.1) is 12.7 Å². The molecule has 0 saturated carbocycles. The Bertz CT molecular complexity index is 132. The minimum Gasteiger partial charge on any atom is -0.394 e. The second-order valence-electron chi connectivity index (χ2n) is 2.62. The maximum absolute atomic E-state index is 10.9. The lowest BCUT2D eigenvalue weighted by Gasteiger charge is -2.16. The maximum atomic E-state index is 10.9. The topological polar surface area (TPSA) is 77.8 Å². The molecule has 0 spiro atoms. The van der Waals surface area contributed by atoms with Crippen LogP contribution in [0.1, 0.15) is 13.8 Å². The summed E-state index contributed by atoms with van der Waals surface area (Å²) in [6.45, 7) is 2.35. The second-order valence-corrected chi connectivity index (χ2v) is 2.62. The standard InChI is InChI=1S/C7H14O4/c1-4(6(10)3-8)7(11)5(2)9/h4-6,8-10H,3H2,1-2H3. The summed E-state index contributed by atoms with van der Waals surface area (Å²) < 4.78 is 0. The van der Waals surface area contributed by atoms with E-state index in [0.717, 1.165) is 0 Å². The number of hydrogen-bond acceptors (Lipinski definition) is 4. The van der Waals surface area contributed by atoms with Crippen molar-refractivity contribution >= 4 is 5.78 Å². The zero-order valence-corrected chi connectivity index (χ0v) is 6.69. The van der Waals surface area contributed by atoms with E-state index >= 15 is 0 Å². The fourth-order valence-corrected chi connectivity index (χ4v) is 0.728. The fraction of sp³-hybridized carbons (Fsp3) is 0.857. The van der Waals surface area contributed by atoms with Crippen LogP contribution in [0.25, 0.3) is 0 Å². The molecule has 0 aromatic rings. The van der Waals surface area contributed by atoms with Crippen molar-refractivity contribution in [3.05, 3.63) is 0 Å². The van der Waals surface area contributed by atoms with E-state index in [-0.39, 0.29) is 0 Å². The van der Waals surface area contributed by atoms with Crippen molar-refractivity contribution in [2.45, 2.75) is 26.1 Å². The quantitative estimate of drug-likeness (QED) is 0.491. The van der Waals surface area contributed by atoms with Crippen molar-refractivity contribution in [3.63, 3.8) is 0 Å². The Hall–Kier alpha value is -0.450. The second kappa shape index (κ2) is 4.43. The number of carbonyl (C=O) groups is 1. The van der Waals surface area contributed by atoms with Crippen LogP contribution < -0.4 is 0 Å². The smallest absolute Gasteiger partial charge is 0.166 e. The molecule has 0 radical (unpaired) electrons. The molecule has 3 N–H and O–H groups in total. The monoisotopic (exact) mass is 162 g/mol. The highest BCUT2D eigenvalue weighted by molar-refractivity contribution is 5.84. The minimum absolute atomic E-state index is 0.452. The Morgan fingerprint density at radius 3 is 2.09 bits per heavy atom. The van der Waals surface area contributed by atoms with Crippen LogP contribution >= 0.6 is 0 Å². The molecular formula is C7H14O4. The minimum atomic E-state index is -1.08. The Labute approximate surface area is 65.5 Å². The molecule has 0 fully saturated rings. The van der Waals surface area contributed by atoms with Crippen LogP contribution in [0.2, 0.25) is 0 Å². The van der Waals surface area contributed by atoms with E-state index in [1.807, 2.05) is 0 Å². The summed E-state index contributed by atoms with van der Waals surface area (Å²) in [6.07, 6.45) is -2.15. The van der Waals surface area contributed by atoms with E-state index in [4.69, 9.17) is 15.3 Å². The molecule has 0 saturated heterocycles. The summed E-state index contributed by atoms with van der Waals surface area (Å²) in [5, 5.41) is 26.2. The first-order chi connectivity index (χ1) is 5.00. The van der Waals surface area contributed by atoms with Crippen LogP contribution in [0, 0.1) is 5.92 Å². The van der Waals surface area contributed by atoms with Crippen molar-refractivity contribution in [2.75, 3.05) is 6.61 Å². The number of hydrogen-bond donors (Lipinski definition) is 3. The van der Waals surface area contributed by atoms with Gasteiger partial charge in [-0.1, -0.05) is 6.92 Å². The predicted octanol–water partition coefficient (Wildman–Crippen LogP) is -1.07. The third-order valence-electron chi connectivity index (χ3n) is 1.62. The first kappa shape index (κ1) is 10.6. The van der Waals surface area contributed by atoms with Gasteiger partial charge in [-0.25, -0.2) is 0 Å². The van der Waals surface area contributed by atoms with E-state index < -0.39 is 30.5 Å². The molecule has 4 heteroatoms. The largest absolute Gasteiger partial charge is 0.394 e. The molecule has 0 aromatic carbocycles. The summed E-state index contributed by atoms with van der Waals surface area (Å²) >= 11 is 0. The maximum Gasteiger partial charge on any atom is 0.166 e. The van der Waals surface area contributed by atoms with E-state index in [2.05, 4.69) is 0 Å². The van der Waals surface area contributed by atoms with Gasteiger partial charge in [0, 0.05) is 5.92 Å². The molecule has 3 atom stereocenters. The Balaban J connectivity index is 4.02. The number of ketones is 1. The summed E-state index contributed by atoms with van der Waals surface area (Å²) in [4.78, 5) is 10.9. The van der Waals surface area contributed by atoms with Gasteiger partial charge in [-0.05, 0) is 6.92 Å². The van der Waals surface area contributed by atoms with Crippen molar-refractivity contribution in [2.24, 2.45) is 5.92 Å². The third-order valence-corrected chi connectivity index (χ3v) is 1.62. The molecule has 3 unspecified atom stereocenters. The lowest BCUT2D eigenvalue weighted by molar-refractivity contribution is -0.134. The van der Waals surface area contributed by atoms with Gasteiger partial charge in [0.1, 0.15) is 6.10 Å². The lowest BCUT2D eigenvalue weighted by Crippen LogP contribution is -2.34. The van der Waals surface area contributed by atoms with Crippen molar-refractivity contribution < 1.29 is 20.1 Å². The van der Waals surface area contributed by atoms with Crippen LogP contribution in [0.3, 0.4) is 0 Å². The Morgan fingerprint density at radius 2 is 1.82 bits per heavy atom.